The van der Waals surface area contributed by atoms with Gasteiger partial charge in [-0.25, -0.2) is 8.42 Å². The molecule has 1 atom stereocenters. The molecule has 5 nitrogen and oxygen atoms in total. The zero-order chi connectivity index (χ0) is 13.3. The van der Waals surface area contributed by atoms with E-state index >= 15 is 0 Å². The summed E-state index contributed by atoms with van der Waals surface area (Å²) in [6.45, 7) is 0.498. The van der Waals surface area contributed by atoms with Crippen LogP contribution >= 0.6 is 11.6 Å². The summed E-state index contributed by atoms with van der Waals surface area (Å²) in [5, 5.41) is 9.69. The van der Waals surface area contributed by atoms with Crippen LogP contribution < -0.4 is 5.73 Å². The number of piperidine rings is 1. The maximum absolute atomic E-state index is 12.4. The Hall–Kier alpha value is -0.820. The van der Waals surface area contributed by atoms with Crippen molar-refractivity contribution in [1.29, 1.82) is 0 Å². The van der Waals surface area contributed by atoms with Crippen LogP contribution in [0.1, 0.15) is 12.8 Å². The van der Waals surface area contributed by atoms with Gasteiger partial charge >= 0.3 is 0 Å². The molecule has 0 radical (unpaired) electrons. The lowest BCUT2D eigenvalue weighted by molar-refractivity contribution is 0.108. The van der Waals surface area contributed by atoms with Gasteiger partial charge in [-0.2, -0.15) is 4.31 Å². The number of rotatable bonds is 2. The monoisotopic (exact) mass is 290 g/mol. The molecule has 0 aliphatic carbocycles. The van der Waals surface area contributed by atoms with Crippen LogP contribution in [0.15, 0.2) is 23.1 Å². The molecule has 0 saturated carbocycles. The molecule has 0 amide bonds. The quantitative estimate of drug-likeness (QED) is 0.798. The summed E-state index contributed by atoms with van der Waals surface area (Å²) in [6, 6.07) is 4.36. The fourth-order valence-electron chi connectivity index (χ4n) is 2.00. The number of aliphatic hydroxyl groups excluding tert-OH is 1. The summed E-state index contributed by atoms with van der Waals surface area (Å²) in [5.41, 5.74) is 5.93. The van der Waals surface area contributed by atoms with E-state index in [0.29, 0.717) is 25.1 Å². The van der Waals surface area contributed by atoms with E-state index in [2.05, 4.69) is 0 Å². The van der Waals surface area contributed by atoms with Crippen molar-refractivity contribution >= 4 is 27.3 Å². The highest BCUT2D eigenvalue weighted by molar-refractivity contribution is 7.89. The number of halogens is 1. The molecule has 1 fully saturated rings. The van der Waals surface area contributed by atoms with Gasteiger partial charge in [-0.1, -0.05) is 11.6 Å². The summed E-state index contributed by atoms with van der Waals surface area (Å²) in [7, 11) is -3.69. The molecular weight excluding hydrogens is 276 g/mol. The van der Waals surface area contributed by atoms with Gasteiger partial charge in [-0.15, -0.1) is 0 Å². The van der Waals surface area contributed by atoms with E-state index in [4.69, 9.17) is 17.3 Å². The Balaban J connectivity index is 2.38. The van der Waals surface area contributed by atoms with Crippen molar-refractivity contribution < 1.29 is 13.5 Å². The number of nitrogens with two attached hydrogens (primary N) is 1. The van der Waals surface area contributed by atoms with Gasteiger partial charge in [0.05, 0.1) is 11.1 Å². The van der Waals surface area contributed by atoms with Gasteiger partial charge in [-0.05, 0) is 31.0 Å². The first-order chi connectivity index (χ1) is 8.41. The molecular formula is C11H15ClN2O3S. The van der Waals surface area contributed by atoms with Crippen molar-refractivity contribution in [2.75, 3.05) is 18.8 Å². The topological polar surface area (TPSA) is 83.6 Å². The van der Waals surface area contributed by atoms with E-state index in [-0.39, 0.29) is 16.5 Å². The first-order valence-electron chi connectivity index (χ1n) is 5.64. The third-order valence-corrected chi connectivity index (χ3v) is 5.28. The highest BCUT2D eigenvalue weighted by Crippen LogP contribution is 2.28. The Labute approximate surface area is 111 Å². The van der Waals surface area contributed by atoms with E-state index in [9.17, 15) is 13.5 Å². The summed E-state index contributed by atoms with van der Waals surface area (Å²) < 4.78 is 26.0. The number of benzene rings is 1. The molecule has 1 saturated heterocycles. The molecule has 1 aliphatic rings. The van der Waals surface area contributed by atoms with Crippen molar-refractivity contribution in [2.45, 2.75) is 23.8 Å². The van der Waals surface area contributed by atoms with Gasteiger partial charge in [-0.3, -0.25) is 0 Å². The summed E-state index contributed by atoms with van der Waals surface area (Å²) in [4.78, 5) is -0.00160. The molecule has 1 aromatic rings. The van der Waals surface area contributed by atoms with Gasteiger partial charge < -0.3 is 10.8 Å². The maximum Gasteiger partial charge on any atom is 0.244 e. The smallest absolute Gasteiger partial charge is 0.244 e. The van der Waals surface area contributed by atoms with Crippen molar-refractivity contribution in [3.8, 4) is 0 Å². The van der Waals surface area contributed by atoms with Gasteiger partial charge in [0.2, 0.25) is 10.0 Å². The second-order valence-corrected chi connectivity index (χ2v) is 6.66. The normalized spacial score (nSPS) is 22.0. The standard InChI is InChI=1S/C11H15ClN2O3S/c12-10-4-3-8(13)6-11(10)18(16,17)14-5-1-2-9(15)7-14/h3-4,6,9,15H,1-2,5,7,13H2. The molecule has 1 aliphatic heterocycles. The first kappa shape index (κ1) is 13.6. The average molecular weight is 291 g/mol. The molecule has 1 heterocycles. The third kappa shape index (κ3) is 2.61. The number of sulfonamides is 1. The van der Waals surface area contributed by atoms with Gasteiger partial charge in [0.25, 0.3) is 0 Å². The summed E-state index contributed by atoms with van der Waals surface area (Å²) in [6.07, 6.45) is 0.644. The van der Waals surface area contributed by atoms with Gasteiger partial charge in [0, 0.05) is 18.8 Å². The second-order valence-electron chi connectivity index (χ2n) is 4.35. The highest BCUT2D eigenvalue weighted by Gasteiger charge is 2.30. The average Bonchev–Trinajstić information content (AvgIpc) is 2.32. The minimum atomic E-state index is -3.69. The molecule has 1 unspecified atom stereocenters. The van der Waals surface area contributed by atoms with Crippen LogP contribution in [-0.4, -0.2) is 37.0 Å². The predicted octanol–water partition coefficient (Wildman–Crippen LogP) is 1.07. The Morgan fingerprint density at radius 3 is 2.83 bits per heavy atom. The van der Waals surface area contributed by atoms with Gasteiger partial charge in [0.15, 0.2) is 0 Å². The highest BCUT2D eigenvalue weighted by atomic mass is 35.5. The lowest BCUT2D eigenvalue weighted by atomic mass is 10.1. The molecule has 1 aromatic carbocycles. The molecule has 100 valence electrons. The number of β-amino-alcohol motifs (C(OH)–C–C–N with tert-alkyl or cyclic N) is 1. The van der Waals surface area contributed by atoms with Crippen LogP contribution in [0.5, 0.6) is 0 Å². The lowest BCUT2D eigenvalue weighted by Crippen LogP contribution is -2.42. The number of nitrogen functional groups attached to an aromatic ring is 1. The minimum Gasteiger partial charge on any atom is -0.399 e. The maximum atomic E-state index is 12.4. The number of hydrogen-bond donors (Lipinski definition) is 2. The van der Waals surface area contributed by atoms with E-state index in [1.165, 1.54) is 16.4 Å². The SMILES string of the molecule is Nc1ccc(Cl)c(S(=O)(=O)N2CCCC(O)C2)c1. The fourth-order valence-corrected chi connectivity index (χ4v) is 4.02. The van der Waals surface area contributed by atoms with Crippen molar-refractivity contribution in [3.63, 3.8) is 0 Å². The number of hydrogen-bond acceptors (Lipinski definition) is 4. The predicted molar refractivity (Wildman–Crippen MR) is 69.9 cm³/mol. The summed E-state index contributed by atoms with van der Waals surface area (Å²) >= 11 is 5.91. The molecule has 2 rings (SSSR count). The Morgan fingerprint density at radius 2 is 2.17 bits per heavy atom. The Morgan fingerprint density at radius 1 is 1.44 bits per heavy atom. The molecule has 3 N–H and O–H groups in total. The largest absolute Gasteiger partial charge is 0.399 e. The van der Waals surface area contributed by atoms with E-state index in [0.717, 1.165) is 0 Å². The van der Waals surface area contributed by atoms with Crippen LogP contribution in [0.2, 0.25) is 5.02 Å². The Kier molecular flexibility index (Phi) is 3.82. The zero-order valence-corrected chi connectivity index (χ0v) is 11.3. The van der Waals surface area contributed by atoms with Gasteiger partial charge in [0.1, 0.15) is 4.90 Å². The van der Waals surface area contributed by atoms with Crippen LogP contribution in [0.4, 0.5) is 5.69 Å². The molecule has 18 heavy (non-hydrogen) atoms. The van der Waals surface area contributed by atoms with E-state index in [1.807, 2.05) is 0 Å². The molecule has 0 aromatic heterocycles. The lowest BCUT2D eigenvalue weighted by Gasteiger charge is -2.29. The third-order valence-electron chi connectivity index (χ3n) is 2.93. The number of anilines is 1. The van der Waals surface area contributed by atoms with Crippen molar-refractivity contribution in [3.05, 3.63) is 23.2 Å². The molecule has 0 spiro atoms. The van der Waals surface area contributed by atoms with Crippen LogP contribution in [0, 0.1) is 0 Å². The van der Waals surface area contributed by atoms with E-state index in [1.54, 1.807) is 6.07 Å². The summed E-state index contributed by atoms with van der Waals surface area (Å²) in [5.74, 6) is 0. The van der Waals surface area contributed by atoms with Crippen molar-refractivity contribution in [2.24, 2.45) is 0 Å². The van der Waals surface area contributed by atoms with Crippen LogP contribution in [0.25, 0.3) is 0 Å². The van der Waals surface area contributed by atoms with Crippen LogP contribution in [-0.2, 0) is 10.0 Å². The van der Waals surface area contributed by atoms with Crippen molar-refractivity contribution in [1.82, 2.24) is 4.31 Å². The Bertz CT molecular complexity index is 547. The zero-order valence-electron chi connectivity index (χ0n) is 9.71. The first-order valence-corrected chi connectivity index (χ1v) is 7.46. The van der Waals surface area contributed by atoms with E-state index < -0.39 is 16.1 Å². The number of nitrogens with zero attached hydrogens (tertiary/aromatic N) is 1. The number of aliphatic hydroxyl groups is 1. The molecule has 0 bridgehead atoms. The molecule has 7 heteroatoms. The minimum absolute atomic E-state index is 0.00160. The second kappa shape index (κ2) is 5.05. The fraction of sp³-hybridized carbons (Fsp3) is 0.455. The van der Waals surface area contributed by atoms with Crippen LogP contribution in [0.3, 0.4) is 0 Å².